The number of fused-ring (bicyclic) bond motifs is 1. The number of benzene rings is 4. The van der Waals surface area contributed by atoms with E-state index in [4.69, 9.17) is 19.2 Å². The number of methoxy groups -OCH3 is 1. The van der Waals surface area contributed by atoms with E-state index in [1.165, 1.54) is 47.3 Å². The number of hydrogen-bond donors (Lipinski definition) is 0. The number of aryl methyl sites for hydroxylation is 1. The van der Waals surface area contributed by atoms with Crippen LogP contribution in [0.1, 0.15) is 48.9 Å². The van der Waals surface area contributed by atoms with Gasteiger partial charge < -0.3 is 14.2 Å². The predicted molar refractivity (Wildman–Crippen MR) is 182 cm³/mol. The highest BCUT2D eigenvalue weighted by Crippen LogP contribution is 2.39. The molecule has 0 aliphatic carbocycles. The maximum atomic E-state index is 13.9. The summed E-state index contributed by atoms with van der Waals surface area (Å²) in [6.07, 6.45) is 1.33. The van der Waals surface area contributed by atoms with Gasteiger partial charge in [-0.3, -0.25) is 25.0 Å². The predicted octanol–water partition coefficient (Wildman–Crippen LogP) is 7.18. The molecule has 13 heteroatoms. The molecule has 1 heterocycles. The quantitative estimate of drug-likeness (QED) is 0.0773. The van der Waals surface area contributed by atoms with Crippen LogP contribution >= 0.6 is 0 Å². The van der Waals surface area contributed by atoms with Gasteiger partial charge in [0.25, 0.3) is 11.2 Å². The van der Waals surface area contributed by atoms with Crippen molar-refractivity contribution in [3.63, 3.8) is 0 Å². The van der Waals surface area contributed by atoms with Crippen molar-refractivity contribution >= 4 is 28.5 Å². The molecule has 0 aliphatic rings. The van der Waals surface area contributed by atoms with Crippen molar-refractivity contribution < 1.29 is 24.1 Å². The lowest BCUT2D eigenvalue weighted by Gasteiger charge is -2.17. The van der Waals surface area contributed by atoms with Crippen LogP contribution in [0.25, 0.3) is 22.3 Å². The molecule has 0 N–H and O–H groups in total. The van der Waals surface area contributed by atoms with Crippen molar-refractivity contribution in [1.29, 1.82) is 0 Å². The van der Waals surface area contributed by atoms with E-state index in [1.54, 1.807) is 38.3 Å². The second-order valence-corrected chi connectivity index (χ2v) is 11.1. The van der Waals surface area contributed by atoms with Gasteiger partial charge in [0.2, 0.25) is 5.75 Å². The monoisotopic (exact) mass is 651 g/mol. The fourth-order valence-electron chi connectivity index (χ4n) is 5.19. The SMILES string of the molecule is CCOc1cc(C=Nn2c(-c3cc(C(C)C)c(OC)cc3C)nc3ccccc3c2=O)cc([N+](=O)[O-])c1OCc1ccc([N+](=O)[O-])cc1. The van der Waals surface area contributed by atoms with Crippen LogP contribution in [-0.2, 0) is 6.61 Å². The summed E-state index contributed by atoms with van der Waals surface area (Å²) in [5, 5.41) is 28.1. The summed E-state index contributed by atoms with van der Waals surface area (Å²) in [4.78, 5) is 40.8. The van der Waals surface area contributed by atoms with Crippen molar-refractivity contribution in [1.82, 2.24) is 9.66 Å². The zero-order valence-electron chi connectivity index (χ0n) is 27.0. The Kier molecular flexibility index (Phi) is 9.78. The maximum absolute atomic E-state index is 13.9. The van der Waals surface area contributed by atoms with Gasteiger partial charge >= 0.3 is 5.69 Å². The summed E-state index contributed by atoms with van der Waals surface area (Å²) < 4.78 is 18.4. The second-order valence-electron chi connectivity index (χ2n) is 11.1. The lowest BCUT2D eigenvalue weighted by molar-refractivity contribution is -0.386. The van der Waals surface area contributed by atoms with Crippen LogP contribution in [0.3, 0.4) is 0 Å². The maximum Gasteiger partial charge on any atom is 0.315 e. The molecule has 1 aromatic heterocycles. The summed E-state index contributed by atoms with van der Waals surface area (Å²) in [5.74, 6) is 1.10. The first kappa shape index (κ1) is 33.3. The largest absolute Gasteiger partial charge is 0.496 e. The Labute approximate surface area is 275 Å². The highest BCUT2D eigenvalue weighted by molar-refractivity contribution is 5.84. The number of nitrogens with zero attached hydrogens (tertiary/aromatic N) is 5. The third kappa shape index (κ3) is 6.84. The van der Waals surface area contributed by atoms with Crippen LogP contribution < -0.4 is 19.8 Å². The fourth-order valence-corrected chi connectivity index (χ4v) is 5.19. The lowest BCUT2D eigenvalue weighted by atomic mass is 9.96. The number of non-ortho nitro benzene ring substituents is 1. The molecule has 0 bridgehead atoms. The number of aromatic nitrogens is 2. The molecule has 4 aromatic carbocycles. The first-order chi connectivity index (χ1) is 23.0. The van der Waals surface area contributed by atoms with Crippen LogP contribution in [0.2, 0.25) is 0 Å². The summed E-state index contributed by atoms with van der Waals surface area (Å²) >= 11 is 0. The highest BCUT2D eigenvalue weighted by atomic mass is 16.6. The minimum Gasteiger partial charge on any atom is -0.496 e. The molecular weight excluding hydrogens is 618 g/mol. The molecule has 0 radical (unpaired) electrons. The standard InChI is InChI=1S/C35H33N5O8/c1-6-47-32-17-24(16-30(40(44)45)33(32)48-20-23-11-13-25(14-12-23)39(42)43)19-36-38-34(37-29-10-8-7-9-26(29)35(38)41)28-18-27(21(2)3)31(46-5)15-22(28)4/h7-19,21H,6,20H2,1-5H3. The van der Waals surface area contributed by atoms with Gasteiger partial charge in [0.05, 0.1) is 40.7 Å². The van der Waals surface area contributed by atoms with Gasteiger partial charge in [0.15, 0.2) is 11.6 Å². The van der Waals surface area contributed by atoms with Gasteiger partial charge in [-0.25, -0.2) is 4.98 Å². The molecule has 13 nitrogen and oxygen atoms in total. The molecular formula is C35H33N5O8. The molecule has 48 heavy (non-hydrogen) atoms. The molecule has 5 rings (SSSR count). The van der Waals surface area contributed by atoms with Crippen molar-refractivity contribution in [2.24, 2.45) is 5.10 Å². The van der Waals surface area contributed by atoms with Crippen LogP contribution in [0.15, 0.2) is 82.7 Å². The first-order valence-corrected chi connectivity index (χ1v) is 15.1. The van der Waals surface area contributed by atoms with E-state index in [0.717, 1.165) is 16.9 Å². The van der Waals surface area contributed by atoms with Gasteiger partial charge in [0, 0.05) is 29.3 Å². The van der Waals surface area contributed by atoms with Gasteiger partial charge in [0.1, 0.15) is 12.4 Å². The Bertz CT molecular complexity index is 2110. The average molecular weight is 652 g/mol. The zero-order chi connectivity index (χ0) is 34.5. The lowest BCUT2D eigenvalue weighted by Crippen LogP contribution is -2.21. The van der Waals surface area contributed by atoms with Crippen molar-refractivity contribution in [3.8, 4) is 28.6 Å². The van der Waals surface area contributed by atoms with Crippen molar-refractivity contribution in [2.75, 3.05) is 13.7 Å². The number of ether oxygens (including phenoxy) is 3. The number of nitro benzene ring substituents is 2. The number of hydrogen-bond acceptors (Lipinski definition) is 10. The van der Waals surface area contributed by atoms with E-state index < -0.39 is 15.4 Å². The molecule has 0 atom stereocenters. The van der Waals surface area contributed by atoms with Crippen LogP contribution in [0, 0.1) is 27.2 Å². The summed E-state index contributed by atoms with van der Waals surface area (Å²) in [5.41, 5.74) is 2.85. The van der Waals surface area contributed by atoms with Gasteiger partial charge in [-0.2, -0.15) is 9.78 Å². The topological polar surface area (TPSA) is 161 Å². The molecule has 0 fully saturated rings. The normalized spacial score (nSPS) is 11.3. The Morgan fingerprint density at radius 3 is 2.33 bits per heavy atom. The fraction of sp³-hybridized carbons (Fsp3) is 0.229. The summed E-state index contributed by atoms with van der Waals surface area (Å²) in [6.45, 7) is 7.77. The Hall–Kier alpha value is -6.11. The van der Waals surface area contributed by atoms with E-state index in [9.17, 15) is 25.0 Å². The first-order valence-electron chi connectivity index (χ1n) is 15.1. The minimum atomic E-state index is -0.603. The Balaban J connectivity index is 1.61. The van der Waals surface area contributed by atoms with E-state index in [2.05, 4.69) is 5.10 Å². The van der Waals surface area contributed by atoms with E-state index >= 15 is 0 Å². The molecule has 5 aromatic rings. The second kappa shape index (κ2) is 14.1. The number of nitro groups is 2. The molecule has 0 amide bonds. The smallest absolute Gasteiger partial charge is 0.315 e. The van der Waals surface area contributed by atoms with Crippen molar-refractivity contribution in [2.45, 2.75) is 40.2 Å². The highest BCUT2D eigenvalue weighted by Gasteiger charge is 2.24. The summed E-state index contributed by atoms with van der Waals surface area (Å²) in [6, 6.07) is 19.2. The van der Waals surface area contributed by atoms with Crippen LogP contribution in [0.5, 0.6) is 17.2 Å². The van der Waals surface area contributed by atoms with E-state index in [1.807, 2.05) is 32.9 Å². The van der Waals surface area contributed by atoms with E-state index in [-0.39, 0.29) is 47.6 Å². The number of para-hydroxylation sites is 1. The zero-order valence-corrected chi connectivity index (χ0v) is 27.0. The minimum absolute atomic E-state index is 0.0882. The molecule has 0 unspecified atom stereocenters. The molecule has 0 saturated carbocycles. The molecule has 0 aliphatic heterocycles. The third-order valence-corrected chi connectivity index (χ3v) is 7.60. The van der Waals surface area contributed by atoms with Gasteiger partial charge in [-0.15, -0.1) is 0 Å². The number of rotatable bonds is 12. The van der Waals surface area contributed by atoms with Crippen molar-refractivity contribution in [3.05, 3.63) is 126 Å². The molecule has 246 valence electrons. The average Bonchev–Trinajstić information content (AvgIpc) is 3.07. The molecule has 0 saturated heterocycles. The Morgan fingerprint density at radius 1 is 0.958 bits per heavy atom. The van der Waals surface area contributed by atoms with Crippen LogP contribution in [0.4, 0.5) is 11.4 Å². The van der Waals surface area contributed by atoms with Gasteiger partial charge in [-0.1, -0.05) is 26.0 Å². The third-order valence-electron chi connectivity index (χ3n) is 7.60. The summed E-state index contributed by atoms with van der Waals surface area (Å²) in [7, 11) is 1.61. The molecule has 0 spiro atoms. The van der Waals surface area contributed by atoms with Gasteiger partial charge in [-0.05, 0) is 78.9 Å². The van der Waals surface area contributed by atoms with E-state index in [0.29, 0.717) is 27.9 Å². The Morgan fingerprint density at radius 2 is 1.69 bits per heavy atom. The van der Waals surface area contributed by atoms with Crippen LogP contribution in [-0.4, -0.2) is 39.4 Å².